The van der Waals surface area contributed by atoms with Gasteiger partial charge in [0.1, 0.15) is 5.75 Å². The first-order chi connectivity index (χ1) is 9.88. The van der Waals surface area contributed by atoms with E-state index in [1.54, 1.807) is 7.11 Å². The average molecular weight is 268 g/mol. The van der Waals surface area contributed by atoms with Crippen molar-refractivity contribution in [3.8, 4) is 5.75 Å². The van der Waals surface area contributed by atoms with E-state index < -0.39 is 0 Å². The summed E-state index contributed by atoms with van der Waals surface area (Å²) in [4.78, 5) is 4.51. The number of aryl methyl sites for hydroxylation is 1. The molecule has 0 spiro atoms. The van der Waals surface area contributed by atoms with Crippen molar-refractivity contribution in [1.29, 1.82) is 0 Å². The van der Waals surface area contributed by atoms with Crippen molar-refractivity contribution >= 4 is 0 Å². The summed E-state index contributed by atoms with van der Waals surface area (Å²) in [5.41, 5.74) is 3.87. The Morgan fingerprint density at radius 2 is 2.15 bits per heavy atom. The Bertz CT molecular complexity index is 583. The van der Waals surface area contributed by atoms with Crippen LogP contribution in [0.15, 0.2) is 42.6 Å². The molecule has 1 N–H and O–H groups in total. The molecule has 2 aromatic rings. The van der Waals surface area contributed by atoms with E-state index in [1.165, 1.54) is 16.8 Å². The van der Waals surface area contributed by atoms with Gasteiger partial charge in [0.2, 0.25) is 0 Å². The van der Waals surface area contributed by atoms with Crippen molar-refractivity contribution in [2.75, 3.05) is 13.7 Å². The fraction of sp³-hybridized carbons (Fsp3) is 0.353. The van der Waals surface area contributed by atoms with Crippen molar-refractivity contribution in [3.63, 3.8) is 0 Å². The third kappa shape index (κ3) is 2.68. The minimum absolute atomic E-state index is 0.404. The number of rotatable bonds is 5. The molecule has 0 saturated carbocycles. The smallest absolute Gasteiger partial charge is 0.122 e. The van der Waals surface area contributed by atoms with Crippen LogP contribution in [0.2, 0.25) is 0 Å². The Hall–Kier alpha value is -1.87. The van der Waals surface area contributed by atoms with E-state index in [0.717, 1.165) is 31.6 Å². The third-order valence-corrected chi connectivity index (χ3v) is 3.94. The summed E-state index contributed by atoms with van der Waals surface area (Å²) < 4.78 is 5.38. The molecule has 0 radical (unpaired) electrons. The number of hydrogen-bond acceptors (Lipinski definition) is 3. The van der Waals surface area contributed by atoms with Crippen LogP contribution in [0.4, 0.5) is 0 Å². The standard InChI is InChI=1S/C17H20N2O/c1-20-16-7-3-2-5-13(16)10-12-18-15-9-8-14-6-4-11-19-17(14)15/h2-7,11,15,18H,8-10,12H2,1H3. The van der Waals surface area contributed by atoms with Crippen LogP contribution < -0.4 is 10.1 Å². The van der Waals surface area contributed by atoms with Crippen LogP contribution in [0.25, 0.3) is 0 Å². The number of pyridine rings is 1. The van der Waals surface area contributed by atoms with Gasteiger partial charge in [0, 0.05) is 6.20 Å². The summed E-state index contributed by atoms with van der Waals surface area (Å²) in [6, 6.07) is 12.8. The van der Waals surface area contributed by atoms with Gasteiger partial charge >= 0.3 is 0 Å². The fourth-order valence-electron chi connectivity index (χ4n) is 2.90. The topological polar surface area (TPSA) is 34.1 Å². The Kier molecular flexibility index (Phi) is 3.97. The third-order valence-electron chi connectivity index (χ3n) is 3.94. The number of methoxy groups -OCH3 is 1. The van der Waals surface area contributed by atoms with E-state index in [1.807, 2.05) is 24.4 Å². The van der Waals surface area contributed by atoms with Crippen LogP contribution in [-0.4, -0.2) is 18.6 Å². The first-order valence-corrected chi connectivity index (χ1v) is 7.17. The van der Waals surface area contributed by atoms with Gasteiger partial charge in [-0.15, -0.1) is 0 Å². The van der Waals surface area contributed by atoms with Crippen LogP contribution in [0, 0.1) is 0 Å². The molecular formula is C17H20N2O. The largest absolute Gasteiger partial charge is 0.496 e. The number of nitrogens with zero attached hydrogens (tertiary/aromatic N) is 1. The Balaban J connectivity index is 1.59. The normalized spacial score (nSPS) is 16.9. The highest BCUT2D eigenvalue weighted by Crippen LogP contribution is 2.28. The number of hydrogen-bond donors (Lipinski definition) is 1. The second-order valence-corrected chi connectivity index (χ2v) is 5.15. The number of benzene rings is 1. The summed E-state index contributed by atoms with van der Waals surface area (Å²) in [5.74, 6) is 0.972. The van der Waals surface area contributed by atoms with Gasteiger partial charge in [-0.05, 0) is 49.1 Å². The van der Waals surface area contributed by atoms with Crippen molar-refractivity contribution < 1.29 is 4.74 Å². The van der Waals surface area contributed by atoms with E-state index in [0.29, 0.717) is 6.04 Å². The van der Waals surface area contributed by atoms with Gasteiger partial charge in [0.15, 0.2) is 0 Å². The molecule has 1 aromatic heterocycles. The van der Waals surface area contributed by atoms with E-state index in [4.69, 9.17) is 4.74 Å². The van der Waals surface area contributed by atoms with Gasteiger partial charge in [-0.2, -0.15) is 0 Å². The minimum Gasteiger partial charge on any atom is -0.496 e. The van der Waals surface area contributed by atoms with Crippen LogP contribution in [-0.2, 0) is 12.8 Å². The van der Waals surface area contributed by atoms with Crippen molar-refractivity contribution in [2.45, 2.75) is 25.3 Å². The maximum atomic E-state index is 5.38. The molecule has 1 aliphatic carbocycles. The number of para-hydroxylation sites is 1. The molecule has 1 aliphatic rings. The predicted molar refractivity (Wildman–Crippen MR) is 80.0 cm³/mol. The van der Waals surface area contributed by atoms with E-state index in [-0.39, 0.29) is 0 Å². The average Bonchev–Trinajstić information content (AvgIpc) is 2.91. The first kappa shape index (κ1) is 13.1. The van der Waals surface area contributed by atoms with Crippen LogP contribution in [0.5, 0.6) is 5.75 Å². The zero-order chi connectivity index (χ0) is 13.8. The van der Waals surface area contributed by atoms with Gasteiger partial charge in [-0.3, -0.25) is 4.98 Å². The van der Waals surface area contributed by atoms with Gasteiger partial charge in [-0.25, -0.2) is 0 Å². The monoisotopic (exact) mass is 268 g/mol. The zero-order valence-electron chi connectivity index (χ0n) is 11.8. The molecule has 1 unspecified atom stereocenters. The van der Waals surface area contributed by atoms with Crippen LogP contribution in [0.1, 0.15) is 29.3 Å². The predicted octanol–water partition coefficient (Wildman–Crippen LogP) is 2.91. The second kappa shape index (κ2) is 6.06. The molecule has 0 saturated heterocycles. The highest BCUT2D eigenvalue weighted by Gasteiger charge is 2.22. The fourth-order valence-corrected chi connectivity index (χ4v) is 2.90. The molecule has 1 heterocycles. The quantitative estimate of drug-likeness (QED) is 0.905. The lowest BCUT2D eigenvalue weighted by atomic mass is 10.1. The summed E-state index contributed by atoms with van der Waals surface area (Å²) in [6.07, 6.45) is 5.15. The number of ether oxygens (including phenoxy) is 1. The summed E-state index contributed by atoms with van der Waals surface area (Å²) in [6.45, 7) is 0.945. The molecule has 0 fully saturated rings. The number of nitrogens with one attached hydrogen (secondary N) is 1. The van der Waals surface area contributed by atoms with Gasteiger partial charge in [0.25, 0.3) is 0 Å². The second-order valence-electron chi connectivity index (χ2n) is 5.15. The molecule has 20 heavy (non-hydrogen) atoms. The van der Waals surface area contributed by atoms with E-state index in [2.05, 4.69) is 28.5 Å². The maximum Gasteiger partial charge on any atom is 0.122 e. The molecule has 0 bridgehead atoms. The molecule has 0 amide bonds. The van der Waals surface area contributed by atoms with Crippen molar-refractivity contribution in [1.82, 2.24) is 10.3 Å². The molecule has 3 heteroatoms. The van der Waals surface area contributed by atoms with Gasteiger partial charge in [-0.1, -0.05) is 24.3 Å². The SMILES string of the molecule is COc1ccccc1CCNC1CCc2cccnc21. The number of aromatic nitrogens is 1. The highest BCUT2D eigenvalue weighted by molar-refractivity contribution is 5.33. The van der Waals surface area contributed by atoms with Gasteiger partial charge in [0.05, 0.1) is 18.8 Å². The van der Waals surface area contributed by atoms with Crippen molar-refractivity contribution in [3.05, 3.63) is 59.4 Å². The Morgan fingerprint density at radius 1 is 1.25 bits per heavy atom. The molecule has 1 atom stereocenters. The molecule has 104 valence electrons. The molecular weight excluding hydrogens is 248 g/mol. The lowest BCUT2D eigenvalue weighted by molar-refractivity contribution is 0.408. The minimum atomic E-state index is 0.404. The Labute approximate surface area is 120 Å². The van der Waals surface area contributed by atoms with Crippen molar-refractivity contribution in [2.24, 2.45) is 0 Å². The van der Waals surface area contributed by atoms with E-state index in [9.17, 15) is 0 Å². The molecule has 1 aromatic carbocycles. The highest BCUT2D eigenvalue weighted by atomic mass is 16.5. The molecule has 3 rings (SSSR count). The molecule has 3 nitrogen and oxygen atoms in total. The Morgan fingerprint density at radius 3 is 3.05 bits per heavy atom. The summed E-state index contributed by atoms with van der Waals surface area (Å²) in [5, 5.41) is 3.62. The van der Waals surface area contributed by atoms with Crippen LogP contribution in [0.3, 0.4) is 0 Å². The number of fused-ring (bicyclic) bond motifs is 1. The molecule has 0 aliphatic heterocycles. The maximum absolute atomic E-state index is 5.38. The van der Waals surface area contributed by atoms with Gasteiger partial charge < -0.3 is 10.1 Å². The van der Waals surface area contributed by atoms with E-state index >= 15 is 0 Å². The zero-order valence-corrected chi connectivity index (χ0v) is 11.8. The lowest BCUT2D eigenvalue weighted by Gasteiger charge is -2.14. The summed E-state index contributed by atoms with van der Waals surface area (Å²) >= 11 is 0. The first-order valence-electron chi connectivity index (χ1n) is 7.17. The van der Waals surface area contributed by atoms with Crippen LogP contribution >= 0.6 is 0 Å². The lowest BCUT2D eigenvalue weighted by Crippen LogP contribution is -2.22. The summed E-state index contributed by atoms with van der Waals surface area (Å²) in [7, 11) is 1.73.